The van der Waals surface area contributed by atoms with Gasteiger partial charge in [-0.1, -0.05) is 68.0 Å². The van der Waals surface area contributed by atoms with Gasteiger partial charge in [-0.3, -0.25) is 0 Å². The predicted molar refractivity (Wildman–Crippen MR) is 114 cm³/mol. The highest BCUT2D eigenvalue weighted by Gasteiger charge is 2.37. The molecule has 0 atom stereocenters. The molecular formula is C26H28. The van der Waals surface area contributed by atoms with Crippen molar-refractivity contribution in [2.24, 2.45) is 5.41 Å². The molecule has 2 aliphatic carbocycles. The Kier molecular flexibility index (Phi) is 3.84. The molecule has 2 aliphatic rings. The van der Waals surface area contributed by atoms with Crippen LogP contribution in [0.3, 0.4) is 0 Å². The lowest BCUT2D eigenvalue weighted by molar-refractivity contribution is 0.608. The summed E-state index contributed by atoms with van der Waals surface area (Å²) in [5.41, 5.74) is 14.7. The van der Waals surface area contributed by atoms with Crippen LogP contribution in [0.1, 0.15) is 63.8 Å². The molecule has 0 unspecified atom stereocenters. The van der Waals surface area contributed by atoms with Crippen molar-refractivity contribution in [3.05, 3.63) is 87.5 Å². The number of rotatable bonds is 2. The number of allylic oxidation sites excluding steroid dienone is 6. The fraction of sp³-hybridized carbons (Fsp3) is 0.308. The molecule has 4 rings (SSSR count). The Hall–Kier alpha value is -2.34. The molecular weight excluding hydrogens is 312 g/mol. The van der Waals surface area contributed by atoms with Crippen LogP contribution in [0.25, 0.3) is 16.7 Å². The first-order valence-corrected chi connectivity index (χ1v) is 9.61. The Bertz CT molecular complexity index is 992. The van der Waals surface area contributed by atoms with Crippen LogP contribution in [-0.2, 0) is 6.42 Å². The van der Waals surface area contributed by atoms with Crippen molar-refractivity contribution >= 4 is 16.7 Å². The van der Waals surface area contributed by atoms with Crippen molar-refractivity contribution in [2.45, 2.75) is 48.0 Å². The van der Waals surface area contributed by atoms with Crippen LogP contribution in [0.5, 0.6) is 0 Å². The van der Waals surface area contributed by atoms with Crippen LogP contribution < -0.4 is 0 Å². The maximum Gasteiger partial charge on any atom is 0.0117 e. The lowest BCUT2D eigenvalue weighted by atomic mass is 9.76. The van der Waals surface area contributed by atoms with Gasteiger partial charge in [-0.15, -0.1) is 0 Å². The molecule has 0 spiro atoms. The van der Waals surface area contributed by atoms with Crippen molar-refractivity contribution in [2.75, 3.05) is 0 Å². The summed E-state index contributed by atoms with van der Waals surface area (Å²) in [6, 6.07) is 17.8. The minimum atomic E-state index is 0.0963. The van der Waals surface area contributed by atoms with Gasteiger partial charge in [-0.25, -0.2) is 0 Å². The lowest BCUT2D eigenvalue weighted by Crippen LogP contribution is -2.14. The van der Waals surface area contributed by atoms with E-state index >= 15 is 0 Å². The Balaban J connectivity index is 1.93. The molecule has 2 aromatic rings. The van der Waals surface area contributed by atoms with Crippen molar-refractivity contribution < 1.29 is 0 Å². The lowest BCUT2D eigenvalue weighted by Gasteiger charge is -2.28. The molecule has 132 valence electrons. The largest absolute Gasteiger partial charge is 0.0622 e. The second kappa shape index (κ2) is 5.84. The summed E-state index contributed by atoms with van der Waals surface area (Å²) in [5, 5.41) is 0. The standard InChI is InChI=1S/C26H28/c1-16-17(2)25(26(5,6)19(16)4)22-14-10-13-21-15-23(18(3)24(21)22)20-11-8-7-9-12-20/h7-14H,15H2,1-6H3. The first-order chi connectivity index (χ1) is 12.3. The maximum atomic E-state index is 2.38. The van der Waals surface area contributed by atoms with Crippen LogP contribution in [0, 0.1) is 5.41 Å². The van der Waals surface area contributed by atoms with E-state index in [0.717, 1.165) is 6.42 Å². The summed E-state index contributed by atoms with van der Waals surface area (Å²) in [4.78, 5) is 0. The summed E-state index contributed by atoms with van der Waals surface area (Å²) >= 11 is 0. The normalized spacial score (nSPS) is 18.8. The second-order valence-electron chi connectivity index (χ2n) is 8.36. The zero-order valence-electron chi connectivity index (χ0n) is 16.8. The van der Waals surface area contributed by atoms with Gasteiger partial charge in [0.05, 0.1) is 0 Å². The third-order valence-electron chi connectivity index (χ3n) is 6.80. The highest BCUT2D eigenvalue weighted by atomic mass is 14.4. The Morgan fingerprint density at radius 3 is 2.04 bits per heavy atom. The third kappa shape index (κ3) is 2.28. The molecule has 0 heterocycles. The molecule has 0 aliphatic heterocycles. The van der Waals surface area contributed by atoms with Crippen molar-refractivity contribution in [1.82, 2.24) is 0 Å². The fourth-order valence-corrected chi connectivity index (χ4v) is 4.96. The number of hydrogen-bond donors (Lipinski definition) is 0. The summed E-state index contributed by atoms with van der Waals surface area (Å²) in [6.45, 7) is 13.9. The van der Waals surface area contributed by atoms with Crippen LogP contribution >= 0.6 is 0 Å². The summed E-state index contributed by atoms with van der Waals surface area (Å²) in [7, 11) is 0. The van der Waals surface area contributed by atoms with Crippen LogP contribution in [0.4, 0.5) is 0 Å². The number of fused-ring (bicyclic) bond motifs is 1. The van der Waals surface area contributed by atoms with Crippen molar-refractivity contribution in [1.29, 1.82) is 0 Å². The average molecular weight is 341 g/mol. The van der Waals surface area contributed by atoms with Crippen molar-refractivity contribution in [3.8, 4) is 0 Å². The average Bonchev–Trinajstić information content (AvgIpc) is 3.05. The molecule has 0 nitrogen and oxygen atoms in total. The van der Waals surface area contributed by atoms with Gasteiger partial charge in [0.1, 0.15) is 0 Å². The van der Waals surface area contributed by atoms with E-state index in [-0.39, 0.29) is 5.41 Å². The molecule has 0 aromatic heterocycles. The van der Waals surface area contributed by atoms with Crippen molar-refractivity contribution in [3.63, 3.8) is 0 Å². The second-order valence-corrected chi connectivity index (χ2v) is 8.36. The van der Waals surface area contributed by atoms with E-state index in [2.05, 4.69) is 90.1 Å². The van der Waals surface area contributed by atoms with E-state index < -0.39 is 0 Å². The molecule has 0 fully saturated rings. The Morgan fingerprint density at radius 2 is 1.42 bits per heavy atom. The molecule has 0 saturated heterocycles. The molecule has 26 heavy (non-hydrogen) atoms. The molecule has 0 radical (unpaired) electrons. The highest BCUT2D eigenvalue weighted by molar-refractivity contribution is 6.01. The molecule has 0 bridgehead atoms. The van der Waals surface area contributed by atoms with E-state index in [0.29, 0.717) is 0 Å². The summed E-state index contributed by atoms with van der Waals surface area (Å²) < 4.78 is 0. The van der Waals surface area contributed by atoms with Gasteiger partial charge in [0.2, 0.25) is 0 Å². The minimum Gasteiger partial charge on any atom is -0.0622 e. The van der Waals surface area contributed by atoms with Gasteiger partial charge in [0.15, 0.2) is 0 Å². The van der Waals surface area contributed by atoms with Crippen LogP contribution in [-0.4, -0.2) is 0 Å². The van der Waals surface area contributed by atoms with E-state index in [1.54, 1.807) is 0 Å². The topological polar surface area (TPSA) is 0 Å². The molecule has 2 aromatic carbocycles. The van der Waals surface area contributed by atoms with Gasteiger partial charge >= 0.3 is 0 Å². The fourth-order valence-electron chi connectivity index (χ4n) is 4.96. The van der Waals surface area contributed by atoms with Gasteiger partial charge in [-0.05, 0) is 84.2 Å². The number of benzene rings is 2. The van der Waals surface area contributed by atoms with Crippen LogP contribution in [0.2, 0.25) is 0 Å². The monoisotopic (exact) mass is 340 g/mol. The summed E-state index contributed by atoms with van der Waals surface area (Å²) in [5.74, 6) is 0. The Morgan fingerprint density at radius 1 is 0.731 bits per heavy atom. The van der Waals surface area contributed by atoms with Gasteiger partial charge in [0, 0.05) is 5.41 Å². The SMILES string of the molecule is CC1=C(C)C(C)(C)C(c2cccc3c2C(C)=C(c2ccccc2)C3)=C1C. The van der Waals surface area contributed by atoms with Gasteiger partial charge < -0.3 is 0 Å². The van der Waals surface area contributed by atoms with Gasteiger partial charge in [0.25, 0.3) is 0 Å². The number of hydrogen-bond acceptors (Lipinski definition) is 0. The first kappa shape index (κ1) is 17.1. The third-order valence-corrected chi connectivity index (χ3v) is 6.80. The zero-order chi connectivity index (χ0) is 18.6. The Labute approximate surface area is 158 Å². The smallest absolute Gasteiger partial charge is 0.0117 e. The molecule has 0 heteroatoms. The minimum absolute atomic E-state index is 0.0963. The first-order valence-electron chi connectivity index (χ1n) is 9.61. The van der Waals surface area contributed by atoms with E-state index in [1.807, 2.05) is 0 Å². The summed E-state index contributed by atoms with van der Waals surface area (Å²) in [6.07, 6.45) is 1.04. The van der Waals surface area contributed by atoms with E-state index in [4.69, 9.17) is 0 Å². The zero-order valence-corrected chi connectivity index (χ0v) is 16.8. The predicted octanol–water partition coefficient (Wildman–Crippen LogP) is 7.32. The quantitative estimate of drug-likeness (QED) is 0.537. The van der Waals surface area contributed by atoms with E-state index in [1.165, 1.54) is 55.7 Å². The highest BCUT2D eigenvalue weighted by Crippen LogP contribution is 2.54. The molecule has 0 amide bonds. The molecule has 0 N–H and O–H groups in total. The molecule has 0 saturated carbocycles. The maximum absolute atomic E-state index is 2.38. The van der Waals surface area contributed by atoms with Crippen LogP contribution in [0.15, 0.2) is 65.3 Å². The van der Waals surface area contributed by atoms with Gasteiger partial charge in [-0.2, -0.15) is 0 Å². The van der Waals surface area contributed by atoms with E-state index in [9.17, 15) is 0 Å².